The van der Waals surface area contributed by atoms with Crippen LogP contribution < -0.4 is 4.90 Å². The van der Waals surface area contributed by atoms with E-state index in [0.29, 0.717) is 23.5 Å². The molecule has 0 aliphatic heterocycles. The van der Waals surface area contributed by atoms with Gasteiger partial charge >= 0.3 is 0 Å². The van der Waals surface area contributed by atoms with E-state index in [1.54, 1.807) is 12.3 Å². The Morgan fingerprint density at radius 2 is 1.68 bits per heavy atom. The van der Waals surface area contributed by atoms with Crippen LogP contribution >= 0.6 is 23.1 Å². The average Bonchev–Trinajstić information content (AvgIpc) is 3.39. The molecule has 0 spiro atoms. The molecule has 8 heteroatoms. The van der Waals surface area contributed by atoms with Crippen LogP contribution in [0.1, 0.15) is 22.3 Å². The van der Waals surface area contributed by atoms with E-state index in [2.05, 4.69) is 9.97 Å². The summed E-state index contributed by atoms with van der Waals surface area (Å²) in [6.45, 7) is 4.48. The monoisotopic (exact) mass is 539 g/mol. The SMILES string of the molecule is CCN(c1ccccc1)c1c(-c2cnc(C)s2)nc(O)c(Sc2ccc(-c3ccccc3C=O)cc2)c1O. The summed E-state index contributed by atoms with van der Waals surface area (Å²) in [7, 11) is 0. The Bertz CT molecular complexity index is 1580. The number of benzene rings is 3. The summed E-state index contributed by atoms with van der Waals surface area (Å²) in [5.41, 5.74) is 4.25. The number of hydrogen-bond acceptors (Lipinski definition) is 8. The second kappa shape index (κ2) is 11.1. The molecule has 0 unspecified atom stereocenters. The van der Waals surface area contributed by atoms with Gasteiger partial charge in [0.2, 0.25) is 5.88 Å². The van der Waals surface area contributed by atoms with E-state index in [-0.39, 0.29) is 16.5 Å². The number of anilines is 2. The van der Waals surface area contributed by atoms with Gasteiger partial charge in [0.1, 0.15) is 16.3 Å². The Hall–Kier alpha value is -4.14. The fourth-order valence-electron chi connectivity index (χ4n) is 4.29. The standard InChI is InChI=1S/C30H25N3O3S2/c1-3-33(22-10-5-4-6-11-22)27-26(25-17-31-19(2)37-25)32-30(36)29(28(27)35)38-23-15-13-20(14-16-23)24-12-8-7-9-21(24)18-34/h4-18H,3H2,1-2H3,(H2,32,35,36). The number of carbonyl (C=O) groups excluding carboxylic acids is 1. The third-order valence-electron chi connectivity index (χ3n) is 6.07. The Morgan fingerprint density at radius 1 is 0.974 bits per heavy atom. The lowest BCUT2D eigenvalue weighted by molar-refractivity contribution is 0.112. The molecule has 38 heavy (non-hydrogen) atoms. The zero-order valence-corrected chi connectivity index (χ0v) is 22.5. The maximum absolute atomic E-state index is 11.6. The number of hydrogen-bond donors (Lipinski definition) is 2. The molecule has 5 rings (SSSR count). The molecule has 0 amide bonds. The van der Waals surface area contributed by atoms with Crippen molar-refractivity contribution in [3.63, 3.8) is 0 Å². The van der Waals surface area contributed by atoms with Crippen molar-refractivity contribution in [2.75, 3.05) is 11.4 Å². The molecule has 0 fully saturated rings. The van der Waals surface area contributed by atoms with Crippen LogP contribution in [-0.4, -0.2) is 33.0 Å². The summed E-state index contributed by atoms with van der Waals surface area (Å²) in [6.07, 6.45) is 2.56. The lowest BCUT2D eigenvalue weighted by atomic mass is 10.0. The molecule has 2 aromatic heterocycles. The van der Waals surface area contributed by atoms with E-state index in [1.807, 2.05) is 91.5 Å². The van der Waals surface area contributed by atoms with Gasteiger partial charge in [-0.3, -0.25) is 4.79 Å². The third kappa shape index (κ3) is 5.01. The predicted octanol–water partition coefficient (Wildman–Crippen LogP) is 7.71. The van der Waals surface area contributed by atoms with Crippen LogP contribution in [0.15, 0.2) is 94.9 Å². The van der Waals surface area contributed by atoms with Crippen molar-refractivity contribution in [2.24, 2.45) is 0 Å². The fraction of sp³-hybridized carbons (Fsp3) is 0.100. The molecular weight excluding hydrogens is 514 g/mol. The largest absolute Gasteiger partial charge is 0.504 e. The first kappa shape index (κ1) is 25.5. The second-order valence-corrected chi connectivity index (χ2v) is 10.8. The van der Waals surface area contributed by atoms with E-state index in [9.17, 15) is 15.0 Å². The van der Waals surface area contributed by atoms with Gasteiger partial charge < -0.3 is 15.1 Å². The molecule has 0 saturated heterocycles. The molecule has 6 nitrogen and oxygen atoms in total. The molecule has 190 valence electrons. The highest BCUT2D eigenvalue weighted by Crippen LogP contribution is 2.51. The lowest BCUT2D eigenvalue weighted by Gasteiger charge is -2.27. The average molecular weight is 540 g/mol. The molecule has 0 aliphatic carbocycles. The van der Waals surface area contributed by atoms with Crippen molar-refractivity contribution >= 4 is 40.8 Å². The zero-order chi connectivity index (χ0) is 26.6. The topological polar surface area (TPSA) is 86.5 Å². The number of para-hydroxylation sites is 1. The van der Waals surface area contributed by atoms with Gasteiger partial charge in [-0.15, -0.1) is 11.3 Å². The summed E-state index contributed by atoms with van der Waals surface area (Å²) in [4.78, 5) is 24.2. The van der Waals surface area contributed by atoms with Crippen molar-refractivity contribution < 1.29 is 15.0 Å². The number of carbonyl (C=O) groups is 1. The quantitative estimate of drug-likeness (QED) is 0.195. The first-order chi connectivity index (χ1) is 18.5. The smallest absolute Gasteiger partial charge is 0.229 e. The molecule has 2 heterocycles. The van der Waals surface area contributed by atoms with Gasteiger partial charge in [-0.2, -0.15) is 0 Å². The van der Waals surface area contributed by atoms with Crippen LogP contribution in [-0.2, 0) is 0 Å². The minimum Gasteiger partial charge on any atom is -0.504 e. The predicted molar refractivity (Wildman–Crippen MR) is 154 cm³/mol. The van der Waals surface area contributed by atoms with Gasteiger partial charge in [-0.05, 0) is 49.2 Å². The highest BCUT2D eigenvalue weighted by molar-refractivity contribution is 7.99. The Morgan fingerprint density at radius 3 is 2.34 bits per heavy atom. The molecule has 0 atom stereocenters. The fourth-order valence-corrected chi connectivity index (χ4v) is 5.89. The van der Waals surface area contributed by atoms with Crippen LogP contribution in [0.5, 0.6) is 11.6 Å². The molecule has 2 N–H and O–H groups in total. The van der Waals surface area contributed by atoms with Crippen LogP contribution in [0.25, 0.3) is 21.7 Å². The molecule has 0 aliphatic rings. The number of pyridine rings is 1. The molecule has 5 aromatic rings. The summed E-state index contributed by atoms with van der Waals surface area (Å²) >= 11 is 2.68. The van der Waals surface area contributed by atoms with Crippen molar-refractivity contribution in [3.05, 3.63) is 95.6 Å². The number of aryl methyl sites for hydroxylation is 1. The normalized spacial score (nSPS) is 10.9. The van der Waals surface area contributed by atoms with Crippen molar-refractivity contribution in [2.45, 2.75) is 23.6 Å². The number of aldehydes is 1. The number of aromatic nitrogens is 2. The third-order valence-corrected chi connectivity index (χ3v) is 8.07. The molecule has 3 aromatic carbocycles. The Labute approximate surface area is 229 Å². The van der Waals surface area contributed by atoms with Crippen molar-refractivity contribution in [1.82, 2.24) is 9.97 Å². The zero-order valence-electron chi connectivity index (χ0n) is 20.8. The van der Waals surface area contributed by atoms with Crippen LogP contribution in [0.4, 0.5) is 11.4 Å². The summed E-state index contributed by atoms with van der Waals surface area (Å²) < 4.78 is 0. The van der Waals surface area contributed by atoms with Gasteiger partial charge in [-0.1, -0.05) is 66.4 Å². The minimum atomic E-state index is -0.253. The maximum atomic E-state index is 11.6. The van der Waals surface area contributed by atoms with E-state index < -0.39 is 0 Å². The van der Waals surface area contributed by atoms with Gasteiger partial charge in [0.25, 0.3) is 0 Å². The molecule has 0 saturated carbocycles. The molecule has 0 radical (unpaired) electrons. The number of rotatable bonds is 8. The van der Waals surface area contributed by atoms with Gasteiger partial charge in [0.15, 0.2) is 12.0 Å². The first-order valence-electron chi connectivity index (χ1n) is 12.0. The van der Waals surface area contributed by atoms with Crippen LogP contribution in [0, 0.1) is 6.92 Å². The van der Waals surface area contributed by atoms with E-state index in [1.165, 1.54) is 23.1 Å². The Balaban J connectivity index is 1.58. The lowest BCUT2D eigenvalue weighted by Crippen LogP contribution is -2.17. The highest BCUT2D eigenvalue weighted by Gasteiger charge is 2.26. The van der Waals surface area contributed by atoms with Gasteiger partial charge in [-0.25, -0.2) is 9.97 Å². The maximum Gasteiger partial charge on any atom is 0.229 e. The van der Waals surface area contributed by atoms with E-state index in [0.717, 1.165) is 37.9 Å². The highest BCUT2D eigenvalue weighted by atomic mass is 32.2. The minimum absolute atomic E-state index is 0.0513. The number of aromatic hydroxyl groups is 2. The first-order valence-corrected chi connectivity index (χ1v) is 13.7. The van der Waals surface area contributed by atoms with Crippen molar-refractivity contribution in [3.8, 4) is 33.3 Å². The van der Waals surface area contributed by atoms with Crippen LogP contribution in [0.3, 0.4) is 0 Å². The molecule has 0 bridgehead atoms. The Kier molecular flexibility index (Phi) is 7.44. The number of nitrogens with zero attached hydrogens (tertiary/aromatic N) is 3. The summed E-state index contributed by atoms with van der Waals surface area (Å²) in [5.74, 6) is -0.304. The van der Waals surface area contributed by atoms with Crippen molar-refractivity contribution in [1.29, 1.82) is 0 Å². The van der Waals surface area contributed by atoms with Gasteiger partial charge in [0.05, 0.1) is 9.88 Å². The van der Waals surface area contributed by atoms with E-state index in [4.69, 9.17) is 0 Å². The van der Waals surface area contributed by atoms with E-state index >= 15 is 0 Å². The molecular formula is C30H25N3O3S2. The number of thiazole rings is 1. The second-order valence-electron chi connectivity index (χ2n) is 8.47. The summed E-state index contributed by atoms with van der Waals surface area (Å²) in [6, 6.07) is 24.8. The van der Waals surface area contributed by atoms with Crippen LogP contribution in [0.2, 0.25) is 0 Å². The summed E-state index contributed by atoms with van der Waals surface area (Å²) in [5, 5.41) is 23.5. The van der Waals surface area contributed by atoms with Gasteiger partial charge in [0, 0.05) is 28.9 Å².